The second kappa shape index (κ2) is 14.1. The molecule has 10 aromatic carbocycles. The van der Waals surface area contributed by atoms with Gasteiger partial charge in [0.1, 0.15) is 11.2 Å². The van der Waals surface area contributed by atoms with Gasteiger partial charge in [-0.2, -0.15) is 0 Å². The molecule has 2 heteroatoms. The molecule has 0 fully saturated rings. The van der Waals surface area contributed by atoms with Crippen LogP contribution in [-0.4, -0.2) is 0 Å². The molecule has 0 saturated heterocycles. The second-order valence-electron chi connectivity index (χ2n) is 14.9. The molecular weight excluding hydrogens is 703 g/mol. The van der Waals surface area contributed by atoms with Crippen LogP contribution in [0, 0.1) is 0 Å². The van der Waals surface area contributed by atoms with Gasteiger partial charge < -0.3 is 9.32 Å². The van der Waals surface area contributed by atoms with Crippen LogP contribution < -0.4 is 4.90 Å². The molecular formula is C56H37NO. The van der Waals surface area contributed by atoms with E-state index >= 15 is 0 Å². The molecule has 0 unspecified atom stereocenters. The van der Waals surface area contributed by atoms with Gasteiger partial charge in [0.05, 0.1) is 5.69 Å². The van der Waals surface area contributed by atoms with Crippen molar-refractivity contribution in [3.05, 3.63) is 224 Å². The minimum atomic E-state index is 0.875. The molecule has 11 rings (SSSR count). The summed E-state index contributed by atoms with van der Waals surface area (Å²) in [5.74, 6) is 0. The van der Waals surface area contributed by atoms with Gasteiger partial charge in [-0.3, -0.25) is 0 Å². The molecule has 0 N–H and O–H groups in total. The third-order valence-electron chi connectivity index (χ3n) is 11.5. The summed E-state index contributed by atoms with van der Waals surface area (Å²) in [5, 5.41) is 7.25. The monoisotopic (exact) mass is 739 g/mol. The topological polar surface area (TPSA) is 16.4 Å². The zero-order valence-electron chi connectivity index (χ0n) is 31.7. The van der Waals surface area contributed by atoms with E-state index < -0.39 is 0 Å². The smallest absolute Gasteiger partial charge is 0.135 e. The first-order valence-electron chi connectivity index (χ1n) is 19.8. The van der Waals surface area contributed by atoms with Gasteiger partial charge in [0.15, 0.2) is 0 Å². The number of hydrogen-bond acceptors (Lipinski definition) is 2. The number of fused-ring (bicyclic) bond motifs is 6. The van der Waals surface area contributed by atoms with E-state index in [1.165, 1.54) is 60.5 Å². The SMILES string of the molecule is c1ccc(-c2ccccc2-c2ccccc2-c2ccccc2N(c2ccc(-c3ccc4c(ccc5ccccc54)c3)cc2)c2ccc3oc4ccccc4c3c2)cc1. The normalized spacial score (nSPS) is 11.4. The molecule has 0 atom stereocenters. The van der Waals surface area contributed by atoms with Gasteiger partial charge in [0, 0.05) is 27.7 Å². The van der Waals surface area contributed by atoms with Crippen LogP contribution in [0.5, 0.6) is 0 Å². The Morgan fingerprint density at radius 1 is 0.276 bits per heavy atom. The van der Waals surface area contributed by atoms with Gasteiger partial charge >= 0.3 is 0 Å². The van der Waals surface area contributed by atoms with Crippen LogP contribution in [0.3, 0.4) is 0 Å². The molecule has 0 aliphatic rings. The molecule has 58 heavy (non-hydrogen) atoms. The summed E-state index contributed by atoms with van der Waals surface area (Å²) >= 11 is 0. The van der Waals surface area contributed by atoms with E-state index in [4.69, 9.17) is 4.42 Å². The highest BCUT2D eigenvalue weighted by Gasteiger charge is 2.21. The Kier molecular flexibility index (Phi) is 8.19. The van der Waals surface area contributed by atoms with Gasteiger partial charge in [-0.25, -0.2) is 0 Å². The van der Waals surface area contributed by atoms with E-state index in [1.54, 1.807) is 0 Å². The fraction of sp³-hybridized carbons (Fsp3) is 0. The highest BCUT2D eigenvalue weighted by molar-refractivity contribution is 6.09. The Morgan fingerprint density at radius 2 is 0.828 bits per heavy atom. The predicted molar refractivity (Wildman–Crippen MR) is 245 cm³/mol. The lowest BCUT2D eigenvalue weighted by molar-refractivity contribution is 0.669. The van der Waals surface area contributed by atoms with Gasteiger partial charge in [0.2, 0.25) is 0 Å². The number of benzene rings is 10. The highest BCUT2D eigenvalue weighted by atomic mass is 16.3. The van der Waals surface area contributed by atoms with Crippen LogP contribution in [-0.2, 0) is 0 Å². The molecule has 0 bridgehead atoms. The standard InChI is InChI=1S/C56H37NO/c1-2-14-39(15-3-1)46-18-6-7-19-48(46)49-20-8-9-21-50(49)51-22-10-12-24-54(51)57(44-33-35-56-53(37-44)52-23-11-13-25-55(52)58-56)43-31-28-38(29-32-43)41-30-34-47-42(36-41)27-26-40-16-4-5-17-45(40)47/h1-37H. The minimum Gasteiger partial charge on any atom is -0.456 e. The number of anilines is 3. The lowest BCUT2D eigenvalue weighted by atomic mass is 9.88. The van der Waals surface area contributed by atoms with Crippen molar-refractivity contribution >= 4 is 60.5 Å². The molecule has 0 saturated carbocycles. The van der Waals surface area contributed by atoms with Crippen molar-refractivity contribution in [1.82, 2.24) is 0 Å². The molecule has 0 aliphatic heterocycles. The molecule has 0 radical (unpaired) electrons. The Balaban J connectivity index is 1.07. The third-order valence-corrected chi connectivity index (χ3v) is 11.5. The number of rotatable bonds is 7. The van der Waals surface area contributed by atoms with Crippen molar-refractivity contribution in [1.29, 1.82) is 0 Å². The van der Waals surface area contributed by atoms with E-state index in [0.29, 0.717) is 0 Å². The molecule has 272 valence electrons. The molecule has 1 aromatic heterocycles. The molecule has 1 heterocycles. The van der Waals surface area contributed by atoms with Crippen molar-refractivity contribution in [2.24, 2.45) is 0 Å². The summed E-state index contributed by atoms with van der Waals surface area (Å²) in [5.41, 5.74) is 14.4. The Labute approximate surface area is 337 Å². The summed E-state index contributed by atoms with van der Waals surface area (Å²) in [4.78, 5) is 2.40. The fourth-order valence-corrected chi connectivity index (χ4v) is 8.71. The average molecular weight is 740 g/mol. The first-order valence-corrected chi connectivity index (χ1v) is 19.8. The van der Waals surface area contributed by atoms with Crippen molar-refractivity contribution < 1.29 is 4.42 Å². The molecule has 0 aliphatic carbocycles. The van der Waals surface area contributed by atoms with Crippen LogP contribution in [0.1, 0.15) is 0 Å². The molecule has 0 amide bonds. The quantitative estimate of drug-likeness (QED) is 0.151. The largest absolute Gasteiger partial charge is 0.456 e. The van der Waals surface area contributed by atoms with Crippen LogP contribution >= 0.6 is 0 Å². The van der Waals surface area contributed by atoms with E-state index in [2.05, 4.69) is 217 Å². The maximum Gasteiger partial charge on any atom is 0.135 e. The number of nitrogens with zero attached hydrogens (tertiary/aromatic N) is 1. The first kappa shape index (κ1) is 33.6. The highest BCUT2D eigenvalue weighted by Crippen LogP contribution is 2.46. The third kappa shape index (κ3) is 5.82. The minimum absolute atomic E-state index is 0.875. The summed E-state index contributed by atoms with van der Waals surface area (Å²) in [6, 6.07) is 80.8. The number of furan rings is 1. The summed E-state index contributed by atoms with van der Waals surface area (Å²) < 4.78 is 6.30. The predicted octanol–water partition coefficient (Wildman–Crippen LogP) is 16.0. The van der Waals surface area contributed by atoms with Gasteiger partial charge in [-0.15, -0.1) is 0 Å². The number of hydrogen-bond donors (Lipinski definition) is 0. The lowest BCUT2D eigenvalue weighted by Crippen LogP contribution is -2.11. The fourth-order valence-electron chi connectivity index (χ4n) is 8.71. The summed E-state index contributed by atoms with van der Waals surface area (Å²) in [6.45, 7) is 0. The zero-order valence-corrected chi connectivity index (χ0v) is 31.7. The zero-order chi connectivity index (χ0) is 38.4. The van der Waals surface area contributed by atoms with Crippen molar-refractivity contribution in [2.45, 2.75) is 0 Å². The second-order valence-corrected chi connectivity index (χ2v) is 14.9. The van der Waals surface area contributed by atoms with Crippen LogP contribution in [0.15, 0.2) is 229 Å². The van der Waals surface area contributed by atoms with E-state index in [0.717, 1.165) is 44.6 Å². The average Bonchev–Trinajstić information content (AvgIpc) is 3.68. The Hall–Kier alpha value is -7.68. The maximum atomic E-state index is 6.30. The van der Waals surface area contributed by atoms with Crippen molar-refractivity contribution in [3.63, 3.8) is 0 Å². The van der Waals surface area contributed by atoms with E-state index in [-0.39, 0.29) is 0 Å². The van der Waals surface area contributed by atoms with Crippen LogP contribution in [0.2, 0.25) is 0 Å². The van der Waals surface area contributed by atoms with Crippen LogP contribution in [0.4, 0.5) is 17.1 Å². The van der Waals surface area contributed by atoms with E-state index in [1.807, 2.05) is 12.1 Å². The lowest BCUT2D eigenvalue weighted by Gasteiger charge is -2.29. The molecule has 2 nitrogen and oxygen atoms in total. The van der Waals surface area contributed by atoms with E-state index in [9.17, 15) is 0 Å². The number of para-hydroxylation sites is 2. The van der Waals surface area contributed by atoms with Crippen molar-refractivity contribution in [3.8, 4) is 44.5 Å². The van der Waals surface area contributed by atoms with Crippen molar-refractivity contribution in [2.75, 3.05) is 4.90 Å². The maximum absolute atomic E-state index is 6.30. The summed E-state index contributed by atoms with van der Waals surface area (Å²) in [7, 11) is 0. The first-order chi connectivity index (χ1) is 28.8. The van der Waals surface area contributed by atoms with Gasteiger partial charge in [0.25, 0.3) is 0 Å². The van der Waals surface area contributed by atoms with Crippen LogP contribution in [0.25, 0.3) is 88.0 Å². The Morgan fingerprint density at radius 3 is 1.64 bits per heavy atom. The van der Waals surface area contributed by atoms with Gasteiger partial charge in [-0.1, -0.05) is 176 Å². The molecule has 0 spiro atoms. The molecule has 11 aromatic rings. The Bertz CT molecular complexity index is 3290. The van der Waals surface area contributed by atoms with Gasteiger partial charge in [-0.05, 0) is 109 Å². The summed E-state index contributed by atoms with van der Waals surface area (Å²) in [6.07, 6.45) is 0.